The molecular formula is C22H26N2O3. The quantitative estimate of drug-likeness (QED) is 0.853. The SMILES string of the molecule is COc1ccc(CCN2CC(C(=O)Nc3cc(C)cc(C)c3)CC2=O)cc1. The Hall–Kier alpha value is -2.82. The van der Waals surface area contributed by atoms with Crippen molar-refractivity contribution < 1.29 is 14.3 Å². The molecule has 1 N–H and O–H groups in total. The first kappa shape index (κ1) is 19.0. The van der Waals surface area contributed by atoms with Gasteiger partial charge in [0.2, 0.25) is 11.8 Å². The van der Waals surface area contributed by atoms with Crippen molar-refractivity contribution in [3.8, 4) is 5.75 Å². The van der Waals surface area contributed by atoms with E-state index in [0.717, 1.165) is 34.5 Å². The first-order valence-corrected chi connectivity index (χ1v) is 9.24. The summed E-state index contributed by atoms with van der Waals surface area (Å²) in [7, 11) is 1.64. The molecule has 27 heavy (non-hydrogen) atoms. The van der Waals surface area contributed by atoms with Gasteiger partial charge in [0.05, 0.1) is 13.0 Å². The number of aryl methyl sites for hydroxylation is 2. The molecule has 2 aromatic carbocycles. The van der Waals surface area contributed by atoms with Crippen molar-refractivity contribution in [2.75, 3.05) is 25.5 Å². The van der Waals surface area contributed by atoms with Crippen LogP contribution >= 0.6 is 0 Å². The lowest BCUT2D eigenvalue weighted by Crippen LogP contribution is -2.30. The van der Waals surface area contributed by atoms with E-state index in [9.17, 15) is 9.59 Å². The number of rotatable bonds is 6. The molecule has 1 atom stereocenters. The lowest BCUT2D eigenvalue weighted by Gasteiger charge is -2.17. The van der Waals surface area contributed by atoms with Gasteiger partial charge in [0, 0.05) is 25.2 Å². The van der Waals surface area contributed by atoms with Crippen LogP contribution < -0.4 is 10.1 Å². The highest BCUT2D eigenvalue weighted by Crippen LogP contribution is 2.22. The Bertz CT molecular complexity index is 810. The van der Waals surface area contributed by atoms with E-state index in [-0.39, 0.29) is 24.2 Å². The van der Waals surface area contributed by atoms with Crippen molar-refractivity contribution in [1.82, 2.24) is 4.90 Å². The van der Waals surface area contributed by atoms with Gasteiger partial charge in [0.25, 0.3) is 0 Å². The monoisotopic (exact) mass is 366 g/mol. The molecule has 1 aliphatic heterocycles. The first-order chi connectivity index (χ1) is 12.9. The third-order valence-electron chi connectivity index (χ3n) is 4.90. The summed E-state index contributed by atoms with van der Waals surface area (Å²) in [6.45, 7) is 5.11. The fraction of sp³-hybridized carbons (Fsp3) is 0.364. The van der Waals surface area contributed by atoms with Crippen molar-refractivity contribution in [3.63, 3.8) is 0 Å². The molecule has 2 amide bonds. The molecule has 1 unspecified atom stereocenters. The molecule has 0 saturated carbocycles. The molecule has 1 aliphatic rings. The van der Waals surface area contributed by atoms with Crippen molar-refractivity contribution in [2.45, 2.75) is 26.7 Å². The van der Waals surface area contributed by atoms with Gasteiger partial charge in [-0.3, -0.25) is 9.59 Å². The van der Waals surface area contributed by atoms with E-state index in [1.165, 1.54) is 0 Å². The normalized spacial score (nSPS) is 16.5. The zero-order chi connectivity index (χ0) is 19.4. The van der Waals surface area contributed by atoms with Gasteiger partial charge in [-0.05, 0) is 61.2 Å². The molecule has 0 radical (unpaired) electrons. The highest BCUT2D eigenvalue weighted by molar-refractivity contribution is 5.97. The predicted octanol–water partition coefficient (Wildman–Crippen LogP) is 3.34. The molecule has 1 fully saturated rings. The molecule has 3 rings (SSSR count). The van der Waals surface area contributed by atoms with E-state index in [4.69, 9.17) is 4.74 Å². The summed E-state index contributed by atoms with van der Waals surface area (Å²) >= 11 is 0. The van der Waals surface area contributed by atoms with Gasteiger partial charge in [0.15, 0.2) is 0 Å². The molecule has 1 saturated heterocycles. The van der Waals surface area contributed by atoms with Crippen LogP contribution in [0.5, 0.6) is 5.75 Å². The van der Waals surface area contributed by atoms with E-state index in [1.54, 1.807) is 12.0 Å². The number of hydrogen-bond acceptors (Lipinski definition) is 3. The van der Waals surface area contributed by atoms with E-state index < -0.39 is 0 Å². The Morgan fingerprint density at radius 1 is 1.15 bits per heavy atom. The second kappa shape index (κ2) is 8.25. The molecule has 2 aromatic rings. The molecule has 1 heterocycles. The Balaban J connectivity index is 1.55. The maximum atomic E-state index is 12.6. The third kappa shape index (κ3) is 4.88. The summed E-state index contributed by atoms with van der Waals surface area (Å²) in [5, 5.41) is 2.96. The average molecular weight is 366 g/mol. The van der Waals surface area contributed by atoms with Crippen LogP contribution in [0.25, 0.3) is 0 Å². The number of likely N-dealkylation sites (tertiary alicyclic amines) is 1. The summed E-state index contributed by atoms with van der Waals surface area (Å²) < 4.78 is 5.16. The topological polar surface area (TPSA) is 58.6 Å². The van der Waals surface area contributed by atoms with Gasteiger partial charge in [-0.15, -0.1) is 0 Å². The molecule has 0 bridgehead atoms. The Labute approximate surface area is 160 Å². The van der Waals surface area contributed by atoms with Gasteiger partial charge in [-0.1, -0.05) is 18.2 Å². The van der Waals surface area contributed by atoms with E-state index in [2.05, 4.69) is 11.4 Å². The van der Waals surface area contributed by atoms with Crippen molar-refractivity contribution in [2.24, 2.45) is 5.92 Å². The van der Waals surface area contributed by atoms with Gasteiger partial charge in [0.1, 0.15) is 5.75 Å². The fourth-order valence-electron chi connectivity index (χ4n) is 3.51. The highest BCUT2D eigenvalue weighted by atomic mass is 16.5. The van der Waals surface area contributed by atoms with Crippen molar-refractivity contribution >= 4 is 17.5 Å². The minimum atomic E-state index is -0.297. The minimum absolute atomic E-state index is 0.0454. The van der Waals surface area contributed by atoms with E-state index in [1.807, 2.05) is 50.2 Å². The van der Waals surface area contributed by atoms with Gasteiger partial charge in [-0.25, -0.2) is 0 Å². The van der Waals surface area contributed by atoms with Gasteiger partial charge in [-0.2, -0.15) is 0 Å². The highest BCUT2D eigenvalue weighted by Gasteiger charge is 2.34. The number of carbonyl (C=O) groups is 2. The Kier molecular flexibility index (Phi) is 5.79. The zero-order valence-electron chi connectivity index (χ0n) is 16.1. The number of carbonyl (C=O) groups excluding carboxylic acids is 2. The van der Waals surface area contributed by atoms with Crippen LogP contribution in [0.15, 0.2) is 42.5 Å². The maximum Gasteiger partial charge on any atom is 0.229 e. The number of nitrogens with zero attached hydrogens (tertiary/aromatic N) is 1. The van der Waals surface area contributed by atoms with Crippen LogP contribution in [-0.2, 0) is 16.0 Å². The molecule has 0 spiro atoms. The van der Waals surface area contributed by atoms with Gasteiger partial charge >= 0.3 is 0 Å². The molecule has 142 valence electrons. The van der Waals surface area contributed by atoms with Crippen molar-refractivity contribution in [3.05, 3.63) is 59.2 Å². The molecule has 5 heteroatoms. The second-order valence-corrected chi connectivity index (χ2v) is 7.20. The first-order valence-electron chi connectivity index (χ1n) is 9.24. The number of methoxy groups -OCH3 is 1. The molecule has 0 aromatic heterocycles. The number of benzene rings is 2. The van der Waals surface area contributed by atoms with E-state index in [0.29, 0.717) is 13.1 Å². The van der Waals surface area contributed by atoms with Crippen LogP contribution in [0.4, 0.5) is 5.69 Å². The summed E-state index contributed by atoms with van der Waals surface area (Å²) in [4.78, 5) is 26.7. The number of hydrogen-bond donors (Lipinski definition) is 1. The summed E-state index contributed by atoms with van der Waals surface area (Å²) in [6, 6.07) is 13.8. The lowest BCUT2D eigenvalue weighted by atomic mass is 10.1. The smallest absolute Gasteiger partial charge is 0.229 e. The average Bonchev–Trinajstić information content (AvgIpc) is 3.00. The fourth-order valence-corrected chi connectivity index (χ4v) is 3.51. The number of anilines is 1. The standard InChI is InChI=1S/C22H26N2O3/c1-15-10-16(2)12-19(11-15)23-22(26)18-13-21(25)24(14-18)9-8-17-4-6-20(27-3)7-5-17/h4-7,10-12,18H,8-9,13-14H2,1-3H3,(H,23,26). The number of nitrogens with one attached hydrogen (secondary N) is 1. The van der Waals surface area contributed by atoms with Crippen LogP contribution in [-0.4, -0.2) is 36.9 Å². The predicted molar refractivity (Wildman–Crippen MR) is 106 cm³/mol. The minimum Gasteiger partial charge on any atom is -0.497 e. The third-order valence-corrected chi connectivity index (χ3v) is 4.90. The summed E-state index contributed by atoms with van der Waals surface area (Å²) in [5.41, 5.74) is 4.15. The molecule has 0 aliphatic carbocycles. The largest absolute Gasteiger partial charge is 0.497 e. The summed E-state index contributed by atoms with van der Waals surface area (Å²) in [5.74, 6) is 0.484. The van der Waals surface area contributed by atoms with Crippen LogP contribution in [0.1, 0.15) is 23.1 Å². The van der Waals surface area contributed by atoms with E-state index >= 15 is 0 Å². The molecular weight excluding hydrogens is 340 g/mol. The summed E-state index contributed by atoms with van der Waals surface area (Å²) in [6.07, 6.45) is 1.04. The zero-order valence-corrected chi connectivity index (χ0v) is 16.1. The van der Waals surface area contributed by atoms with Crippen molar-refractivity contribution in [1.29, 1.82) is 0 Å². The Morgan fingerprint density at radius 2 is 1.81 bits per heavy atom. The number of ether oxygens (including phenoxy) is 1. The lowest BCUT2D eigenvalue weighted by molar-refractivity contribution is -0.128. The molecule has 5 nitrogen and oxygen atoms in total. The maximum absolute atomic E-state index is 12.6. The van der Waals surface area contributed by atoms with Crippen LogP contribution in [0, 0.1) is 19.8 Å². The van der Waals surface area contributed by atoms with Gasteiger partial charge < -0.3 is 15.0 Å². The van der Waals surface area contributed by atoms with Crippen LogP contribution in [0.3, 0.4) is 0 Å². The number of amides is 2. The second-order valence-electron chi connectivity index (χ2n) is 7.20. The van der Waals surface area contributed by atoms with Crippen LogP contribution in [0.2, 0.25) is 0 Å². The Morgan fingerprint density at radius 3 is 2.44 bits per heavy atom.